The molecule has 0 saturated heterocycles. The summed E-state index contributed by atoms with van der Waals surface area (Å²) < 4.78 is 2.48. The molecule has 1 amide bonds. The Kier molecular flexibility index (Phi) is 4.52. The summed E-state index contributed by atoms with van der Waals surface area (Å²) in [6.07, 6.45) is 3.33. The van der Waals surface area contributed by atoms with Crippen LogP contribution in [0.1, 0.15) is 16.8 Å². The quantitative estimate of drug-likeness (QED) is 0.871. The van der Waals surface area contributed by atoms with Crippen molar-refractivity contribution in [3.05, 3.63) is 46.7 Å². The third kappa shape index (κ3) is 3.67. The average Bonchev–Trinajstić information content (AvgIpc) is 2.85. The number of carbonyl (C=O) groups is 2. The molecule has 0 saturated carbocycles. The van der Waals surface area contributed by atoms with E-state index < -0.39 is 5.97 Å². The van der Waals surface area contributed by atoms with Crippen molar-refractivity contribution >= 4 is 27.8 Å². The number of aliphatic carboxylic acids is 1. The fourth-order valence-electron chi connectivity index (χ4n) is 1.62. The van der Waals surface area contributed by atoms with Gasteiger partial charge in [-0.25, -0.2) is 4.68 Å². The average molecular weight is 338 g/mol. The van der Waals surface area contributed by atoms with Crippen molar-refractivity contribution in [2.45, 2.75) is 6.42 Å². The molecule has 0 radical (unpaired) electrons. The number of nitrogens with zero attached hydrogens (tertiary/aromatic N) is 2. The zero-order chi connectivity index (χ0) is 14.5. The lowest BCUT2D eigenvalue weighted by atomic mass is 10.2. The largest absolute Gasteiger partial charge is 0.481 e. The van der Waals surface area contributed by atoms with Crippen LogP contribution in [0.25, 0.3) is 5.69 Å². The van der Waals surface area contributed by atoms with Crippen molar-refractivity contribution in [3.63, 3.8) is 0 Å². The molecule has 0 aliphatic rings. The van der Waals surface area contributed by atoms with Crippen LogP contribution in [0.4, 0.5) is 0 Å². The zero-order valence-electron chi connectivity index (χ0n) is 10.4. The molecule has 2 aromatic rings. The zero-order valence-corrected chi connectivity index (χ0v) is 12.0. The Morgan fingerprint density at radius 2 is 2.20 bits per heavy atom. The topological polar surface area (TPSA) is 84.2 Å². The highest BCUT2D eigenvalue weighted by atomic mass is 79.9. The molecule has 20 heavy (non-hydrogen) atoms. The Labute approximate surface area is 123 Å². The number of rotatable bonds is 5. The number of carbonyl (C=O) groups excluding carboxylic acids is 1. The van der Waals surface area contributed by atoms with Crippen LogP contribution in [0.3, 0.4) is 0 Å². The van der Waals surface area contributed by atoms with Crippen LogP contribution in [0.15, 0.2) is 41.1 Å². The molecule has 0 spiro atoms. The molecule has 0 atom stereocenters. The number of benzene rings is 1. The van der Waals surface area contributed by atoms with Crippen LogP contribution in [0.5, 0.6) is 0 Å². The summed E-state index contributed by atoms with van der Waals surface area (Å²) in [7, 11) is 0. The number of aromatic nitrogens is 2. The lowest BCUT2D eigenvalue weighted by molar-refractivity contribution is -0.136. The predicted octanol–water partition coefficient (Wildman–Crippen LogP) is 1.84. The van der Waals surface area contributed by atoms with Gasteiger partial charge in [-0.15, -0.1) is 0 Å². The van der Waals surface area contributed by atoms with E-state index in [-0.39, 0.29) is 18.9 Å². The van der Waals surface area contributed by atoms with Crippen LogP contribution >= 0.6 is 15.9 Å². The second kappa shape index (κ2) is 6.33. The fraction of sp³-hybridized carbons (Fsp3) is 0.154. The van der Waals surface area contributed by atoms with Gasteiger partial charge in [0.25, 0.3) is 5.91 Å². The summed E-state index contributed by atoms with van der Waals surface area (Å²) in [6.45, 7) is 0.103. The normalized spacial score (nSPS) is 10.2. The molecule has 2 N–H and O–H groups in total. The van der Waals surface area contributed by atoms with Crippen molar-refractivity contribution in [2.75, 3.05) is 6.54 Å². The van der Waals surface area contributed by atoms with Crippen LogP contribution in [-0.4, -0.2) is 33.3 Å². The van der Waals surface area contributed by atoms with Crippen molar-refractivity contribution in [2.24, 2.45) is 0 Å². The Hall–Kier alpha value is -2.15. The molecule has 0 aliphatic carbocycles. The minimum absolute atomic E-state index is 0.0997. The van der Waals surface area contributed by atoms with Gasteiger partial charge in [0.05, 0.1) is 22.8 Å². The Bertz CT molecular complexity index is 639. The van der Waals surface area contributed by atoms with Crippen LogP contribution in [0.2, 0.25) is 0 Å². The van der Waals surface area contributed by atoms with E-state index in [1.807, 2.05) is 6.07 Å². The Balaban J connectivity index is 2.09. The number of carboxylic acids is 1. The van der Waals surface area contributed by atoms with E-state index in [4.69, 9.17) is 5.11 Å². The van der Waals surface area contributed by atoms with Crippen LogP contribution < -0.4 is 5.32 Å². The first kappa shape index (κ1) is 14.3. The molecular formula is C13H12BrN3O3. The van der Waals surface area contributed by atoms with Gasteiger partial charge in [-0.2, -0.15) is 5.10 Å². The molecule has 0 unspecified atom stereocenters. The minimum Gasteiger partial charge on any atom is -0.481 e. The smallest absolute Gasteiger partial charge is 0.305 e. The fourth-order valence-corrected chi connectivity index (χ4v) is 1.90. The minimum atomic E-state index is -0.944. The number of nitrogens with one attached hydrogen (secondary N) is 1. The standard InChI is InChI=1S/C13H12BrN3O3/c14-10-7-16-17(8-10)11-3-1-2-9(6-11)13(20)15-5-4-12(18)19/h1-3,6-8H,4-5H2,(H,15,20)(H,18,19). The maximum Gasteiger partial charge on any atom is 0.305 e. The number of amides is 1. The molecule has 0 bridgehead atoms. The highest BCUT2D eigenvalue weighted by Gasteiger charge is 2.08. The second-order valence-electron chi connectivity index (χ2n) is 4.05. The van der Waals surface area contributed by atoms with Crippen molar-refractivity contribution in [1.29, 1.82) is 0 Å². The van der Waals surface area contributed by atoms with E-state index in [0.717, 1.165) is 10.2 Å². The van der Waals surface area contributed by atoms with Gasteiger partial charge in [0.2, 0.25) is 0 Å². The lowest BCUT2D eigenvalue weighted by Gasteiger charge is -2.06. The number of carboxylic acid groups (broad SMARTS) is 1. The van der Waals surface area contributed by atoms with Gasteiger partial charge >= 0.3 is 5.97 Å². The van der Waals surface area contributed by atoms with Gasteiger partial charge in [0, 0.05) is 18.3 Å². The molecular weight excluding hydrogens is 326 g/mol. The molecule has 7 heteroatoms. The van der Waals surface area contributed by atoms with E-state index in [1.54, 1.807) is 35.3 Å². The highest BCUT2D eigenvalue weighted by Crippen LogP contribution is 2.13. The summed E-state index contributed by atoms with van der Waals surface area (Å²) in [4.78, 5) is 22.3. The summed E-state index contributed by atoms with van der Waals surface area (Å²) >= 11 is 3.31. The Morgan fingerprint density at radius 1 is 1.40 bits per heavy atom. The van der Waals surface area contributed by atoms with E-state index in [9.17, 15) is 9.59 Å². The third-order valence-corrected chi connectivity index (χ3v) is 2.96. The highest BCUT2D eigenvalue weighted by molar-refractivity contribution is 9.10. The molecule has 1 aromatic heterocycles. The van der Waals surface area contributed by atoms with E-state index in [2.05, 4.69) is 26.3 Å². The predicted molar refractivity (Wildman–Crippen MR) is 75.9 cm³/mol. The molecule has 0 aliphatic heterocycles. The summed E-state index contributed by atoms with van der Waals surface area (Å²) in [5.41, 5.74) is 1.21. The Morgan fingerprint density at radius 3 is 2.85 bits per heavy atom. The third-order valence-electron chi connectivity index (χ3n) is 2.55. The van der Waals surface area contributed by atoms with Crippen molar-refractivity contribution < 1.29 is 14.7 Å². The number of hydrogen-bond acceptors (Lipinski definition) is 3. The maximum absolute atomic E-state index is 11.9. The van der Waals surface area contributed by atoms with E-state index in [0.29, 0.717) is 5.56 Å². The summed E-state index contributed by atoms with van der Waals surface area (Å²) in [6, 6.07) is 6.93. The van der Waals surface area contributed by atoms with Crippen molar-refractivity contribution in [1.82, 2.24) is 15.1 Å². The van der Waals surface area contributed by atoms with Gasteiger partial charge in [-0.05, 0) is 34.1 Å². The van der Waals surface area contributed by atoms with Gasteiger partial charge < -0.3 is 10.4 Å². The molecule has 1 heterocycles. The van der Waals surface area contributed by atoms with Gasteiger partial charge in [-0.3, -0.25) is 9.59 Å². The van der Waals surface area contributed by atoms with Gasteiger partial charge in [0.15, 0.2) is 0 Å². The van der Waals surface area contributed by atoms with Gasteiger partial charge in [0.1, 0.15) is 0 Å². The number of hydrogen-bond donors (Lipinski definition) is 2. The molecule has 104 valence electrons. The first-order chi connectivity index (χ1) is 9.56. The first-order valence-electron chi connectivity index (χ1n) is 5.87. The van der Waals surface area contributed by atoms with E-state index in [1.165, 1.54) is 0 Å². The van der Waals surface area contributed by atoms with Crippen LogP contribution in [-0.2, 0) is 4.79 Å². The lowest BCUT2D eigenvalue weighted by Crippen LogP contribution is -2.26. The SMILES string of the molecule is O=C(O)CCNC(=O)c1cccc(-n2cc(Br)cn2)c1. The van der Waals surface area contributed by atoms with E-state index >= 15 is 0 Å². The molecule has 6 nitrogen and oxygen atoms in total. The van der Waals surface area contributed by atoms with Crippen molar-refractivity contribution in [3.8, 4) is 5.69 Å². The molecule has 1 aromatic carbocycles. The van der Waals surface area contributed by atoms with Gasteiger partial charge in [-0.1, -0.05) is 6.07 Å². The summed E-state index contributed by atoms with van der Waals surface area (Å²) in [5, 5.41) is 15.2. The second-order valence-corrected chi connectivity index (χ2v) is 4.97. The first-order valence-corrected chi connectivity index (χ1v) is 6.66. The number of halogens is 1. The summed E-state index contributed by atoms with van der Waals surface area (Å²) in [5.74, 6) is -1.25. The van der Waals surface area contributed by atoms with Crippen LogP contribution in [0, 0.1) is 0 Å². The maximum atomic E-state index is 11.9. The molecule has 2 rings (SSSR count). The monoisotopic (exact) mass is 337 g/mol. The molecule has 0 fully saturated rings.